The number of para-hydroxylation sites is 1. The zero-order valence-corrected chi connectivity index (χ0v) is 18.7. The number of fused-ring (bicyclic) bond motifs is 1. The molecule has 0 N–H and O–H groups in total. The second kappa shape index (κ2) is 8.50. The highest BCUT2D eigenvalue weighted by Crippen LogP contribution is 2.37. The van der Waals surface area contributed by atoms with Gasteiger partial charge in [-0.25, -0.2) is 9.48 Å². The Morgan fingerprint density at radius 2 is 1.68 bits per heavy atom. The molecule has 0 radical (unpaired) electrons. The number of aromatic nitrogens is 2. The number of non-ortho nitro benzene ring substituents is 2. The van der Waals surface area contributed by atoms with Crippen LogP contribution in [0, 0.1) is 32.6 Å². The summed E-state index contributed by atoms with van der Waals surface area (Å²) in [5, 5.41) is 31.0. The molecule has 2 aromatic carbocycles. The highest BCUT2D eigenvalue weighted by atomic mass is 16.7. The Morgan fingerprint density at radius 3 is 2.26 bits per heavy atom. The average Bonchev–Trinajstić information content (AvgIpc) is 3.12. The van der Waals surface area contributed by atoms with Gasteiger partial charge in [-0.05, 0) is 37.3 Å². The third kappa shape index (κ3) is 4.40. The van der Waals surface area contributed by atoms with Gasteiger partial charge >= 0.3 is 5.97 Å². The van der Waals surface area contributed by atoms with Gasteiger partial charge in [-0.3, -0.25) is 20.2 Å². The number of nitro benzene ring substituents is 2. The third-order valence-electron chi connectivity index (χ3n) is 5.54. The van der Waals surface area contributed by atoms with Crippen LogP contribution in [0.2, 0.25) is 0 Å². The molecule has 0 atom stereocenters. The van der Waals surface area contributed by atoms with Crippen molar-refractivity contribution < 1.29 is 19.5 Å². The van der Waals surface area contributed by atoms with E-state index < -0.39 is 27.2 Å². The van der Waals surface area contributed by atoms with Crippen LogP contribution >= 0.6 is 0 Å². The molecule has 1 aromatic heterocycles. The molecule has 4 rings (SSSR count). The lowest BCUT2D eigenvalue weighted by Crippen LogP contribution is -2.29. The number of hydrogen-bond donors (Lipinski definition) is 0. The molecule has 0 fully saturated rings. The SMILES string of the molecule is Cc1nn(-c2ccccc2)c2c1/C(=N/OC(=O)c1cc([N+](=O)[O-])cc([N+](=O)[O-])c1)CC(C)(C)C2. The van der Waals surface area contributed by atoms with Gasteiger partial charge in [0.1, 0.15) is 0 Å². The quantitative estimate of drug-likeness (QED) is 0.307. The maximum atomic E-state index is 12.6. The zero-order chi connectivity index (χ0) is 24.6. The molecule has 0 saturated heterocycles. The first-order valence-corrected chi connectivity index (χ1v) is 10.4. The van der Waals surface area contributed by atoms with Gasteiger partial charge in [-0.15, -0.1) is 0 Å². The monoisotopic (exact) mass is 463 g/mol. The van der Waals surface area contributed by atoms with E-state index in [1.54, 1.807) is 0 Å². The second-order valence-corrected chi connectivity index (χ2v) is 8.84. The van der Waals surface area contributed by atoms with Gasteiger partial charge in [-0.1, -0.05) is 37.2 Å². The molecular weight excluding hydrogens is 442 g/mol. The molecule has 11 nitrogen and oxygen atoms in total. The molecule has 0 amide bonds. The minimum atomic E-state index is -1.03. The molecule has 1 aliphatic carbocycles. The Morgan fingerprint density at radius 1 is 1.06 bits per heavy atom. The summed E-state index contributed by atoms with van der Waals surface area (Å²) in [6.07, 6.45) is 1.23. The maximum absolute atomic E-state index is 12.6. The third-order valence-corrected chi connectivity index (χ3v) is 5.54. The fourth-order valence-electron chi connectivity index (χ4n) is 4.10. The summed E-state index contributed by atoms with van der Waals surface area (Å²) in [7, 11) is 0. The fourth-order valence-corrected chi connectivity index (χ4v) is 4.10. The van der Waals surface area contributed by atoms with E-state index in [4.69, 9.17) is 4.84 Å². The number of hydrogen-bond acceptors (Lipinski definition) is 8. The molecule has 0 unspecified atom stereocenters. The van der Waals surface area contributed by atoms with Crippen molar-refractivity contribution in [2.24, 2.45) is 10.6 Å². The second-order valence-electron chi connectivity index (χ2n) is 8.84. The number of carbonyl (C=O) groups is 1. The highest BCUT2D eigenvalue weighted by molar-refractivity contribution is 6.04. The first-order chi connectivity index (χ1) is 16.1. The van der Waals surface area contributed by atoms with Crippen LogP contribution in [-0.4, -0.2) is 31.3 Å². The summed E-state index contributed by atoms with van der Waals surface area (Å²) in [5.41, 5.74) is 2.12. The summed E-state index contributed by atoms with van der Waals surface area (Å²) in [5.74, 6) is -1.03. The standard InChI is InChI=1S/C23H21N5O6/c1-14-21-19(12-23(2,3)13-20(21)26(24-14)16-7-5-4-6-8-16)25-34-22(29)15-9-17(27(30)31)11-18(10-15)28(32)33/h4-11H,12-13H2,1-3H3/b25-19+. The molecule has 1 heterocycles. The zero-order valence-electron chi connectivity index (χ0n) is 18.7. The van der Waals surface area contributed by atoms with Crippen LogP contribution in [0.15, 0.2) is 53.7 Å². The molecule has 11 heteroatoms. The van der Waals surface area contributed by atoms with Crippen LogP contribution in [0.25, 0.3) is 5.69 Å². The van der Waals surface area contributed by atoms with Crippen LogP contribution in [-0.2, 0) is 11.3 Å². The predicted octanol–water partition coefficient (Wildman–Crippen LogP) is 4.53. The summed E-state index contributed by atoms with van der Waals surface area (Å²) in [6, 6.07) is 12.3. The van der Waals surface area contributed by atoms with E-state index in [1.165, 1.54) is 0 Å². The van der Waals surface area contributed by atoms with E-state index in [1.807, 2.05) is 41.9 Å². The number of oxime groups is 1. The van der Waals surface area contributed by atoms with Gasteiger partial charge in [0, 0.05) is 17.7 Å². The van der Waals surface area contributed by atoms with Crippen LogP contribution in [0.3, 0.4) is 0 Å². The van der Waals surface area contributed by atoms with Gasteiger partial charge in [0.15, 0.2) is 0 Å². The molecule has 0 aliphatic heterocycles. The number of rotatable bonds is 5. The van der Waals surface area contributed by atoms with Crippen molar-refractivity contribution in [1.82, 2.24) is 9.78 Å². The van der Waals surface area contributed by atoms with E-state index in [-0.39, 0.29) is 11.0 Å². The van der Waals surface area contributed by atoms with Crippen LogP contribution in [0.4, 0.5) is 11.4 Å². The first kappa shape index (κ1) is 22.8. The van der Waals surface area contributed by atoms with Gasteiger partial charge in [-0.2, -0.15) is 5.10 Å². The van der Waals surface area contributed by atoms with Crippen LogP contribution in [0.5, 0.6) is 0 Å². The lowest BCUT2D eigenvalue weighted by molar-refractivity contribution is -0.394. The normalized spacial score (nSPS) is 15.6. The van der Waals surface area contributed by atoms with E-state index in [9.17, 15) is 25.0 Å². The number of carbonyl (C=O) groups excluding carboxylic acids is 1. The largest absolute Gasteiger partial charge is 0.366 e. The summed E-state index contributed by atoms with van der Waals surface area (Å²) >= 11 is 0. The highest BCUT2D eigenvalue weighted by Gasteiger charge is 2.35. The van der Waals surface area contributed by atoms with Gasteiger partial charge in [0.05, 0.1) is 44.3 Å². The van der Waals surface area contributed by atoms with Crippen molar-refractivity contribution >= 4 is 23.1 Å². The van der Waals surface area contributed by atoms with E-state index >= 15 is 0 Å². The number of benzene rings is 2. The Balaban J connectivity index is 1.71. The lowest BCUT2D eigenvalue weighted by Gasteiger charge is -2.30. The lowest BCUT2D eigenvalue weighted by atomic mass is 9.75. The first-order valence-electron chi connectivity index (χ1n) is 10.4. The van der Waals surface area contributed by atoms with Crippen LogP contribution < -0.4 is 0 Å². The minimum Gasteiger partial charge on any atom is -0.313 e. The Labute approximate surface area is 193 Å². The molecule has 0 saturated carbocycles. The van der Waals surface area contributed by atoms with Crippen molar-refractivity contribution in [3.8, 4) is 5.69 Å². The van der Waals surface area contributed by atoms with Crippen molar-refractivity contribution in [3.63, 3.8) is 0 Å². The topological polar surface area (TPSA) is 143 Å². The van der Waals surface area contributed by atoms with E-state index in [0.717, 1.165) is 47.3 Å². The van der Waals surface area contributed by atoms with Crippen molar-refractivity contribution in [2.75, 3.05) is 0 Å². The van der Waals surface area contributed by atoms with Gasteiger partial charge in [0.2, 0.25) is 0 Å². The van der Waals surface area contributed by atoms with Crippen LogP contribution in [0.1, 0.15) is 47.6 Å². The average molecular weight is 463 g/mol. The van der Waals surface area contributed by atoms with Crippen molar-refractivity contribution in [3.05, 3.63) is 91.3 Å². The molecule has 0 bridgehead atoms. The fraction of sp³-hybridized carbons (Fsp3) is 0.261. The Kier molecular flexibility index (Phi) is 5.70. The number of nitrogens with zero attached hydrogens (tertiary/aromatic N) is 5. The van der Waals surface area contributed by atoms with E-state index in [2.05, 4.69) is 24.1 Å². The predicted molar refractivity (Wildman–Crippen MR) is 122 cm³/mol. The minimum absolute atomic E-state index is 0.207. The summed E-state index contributed by atoms with van der Waals surface area (Å²) < 4.78 is 1.85. The van der Waals surface area contributed by atoms with Gasteiger partial charge < -0.3 is 4.84 Å². The molecule has 1 aliphatic rings. The summed E-state index contributed by atoms with van der Waals surface area (Å²) in [4.78, 5) is 38.4. The molecular formula is C23H21N5O6. The number of nitro groups is 2. The molecule has 3 aromatic rings. The Hall–Kier alpha value is -4.41. The maximum Gasteiger partial charge on any atom is 0.366 e. The smallest absolute Gasteiger partial charge is 0.313 e. The Bertz CT molecular complexity index is 1310. The molecule has 0 spiro atoms. The number of aryl methyl sites for hydroxylation is 1. The molecule has 34 heavy (non-hydrogen) atoms. The van der Waals surface area contributed by atoms with E-state index in [0.29, 0.717) is 12.1 Å². The van der Waals surface area contributed by atoms with Gasteiger partial charge in [0.25, 0.3) is 11.4 Å². The van der Waals surface area contributed by atoms with Crippen molar-refractivity contribution in [2.45, 2.75) is 33.6 Å². The molecule has 174 valence electrons. The van der Waals surface area contributed by atoms with Crippen molar-refractivity contribution in [1.29, 1.82) is 0 Å². The summed E-state index contributed by atoms with van der Waals surface area (Å²) in [6.45, 7) is 5.97.